The summed E-state index contributed by atoms with van der Waals surface area (Å²) in [5.41, 5.74) is 8.12. The van der Waals surface area contributed by atoms with Crippen molar-refractivity contribution in [2.75, 3.05) is 0 Å². The number of carbonyl (C=O) groups is 1. The molecule has 0 bridgehead atoms. The number of fused-ring (bicyclic) bond motifs is 1. The second-order valence-corrected chi connectivity index (χ2v) is 4.62. The van der Waals surface area contributed by atoms with E-state index in [0.29, 0.717) is 12.0 Å². The molecule has 19 heavy (non-hydrogen) atoms. The molecule has 3 N–H and O–H groups in total. The van der Waals surface area contributed by atoms with E-state index in [1.807, 2.05) is 30.6 Å². The first kappa shape index (κ1) is 11.5. The number of primary amides is 1. The van der Waals surface area contributed by atoms with Gasteiger partial charge in [0.1, 0.15) is 0 Å². The summed E-state index contributed by atoms with van der Waals surface area (Å²) in [6.07, 6.45) is 4.65. The molecular weight excluding hydrogens is 236 g/mol. The van der Waals surface area contributed by atoms with Crippen LogP contribution in [0.1, 0.15) is 21.5 Å². The predicted octanol–water partition coefficient (Wildman–Crippen LogP) is 2.86. The number of aromatic amines is 1. The van der Waals surface area contributed by atoms with Gasteiger partial charge in [-0.3, -0.25) is 4.79 Å². The molecule has 0 saturated heterocycles. The van der Waals surface area contributed by atoms with E-state index < -0.39 is 0 Å². The molecule has 1 amide bonds. The number of rotatable bonds is 3. The Balaban J connectivity index is 1.98. The Bertz CT molecular complexity index is 743. The van der Waals surface area contributed by atoms with E-state index in [-0.39, 0.29) is 5.91 Å². The fourth-order valence-corrected chi connectivity index (χ4v) is 2.35. The summed E-state index contributed by atoms with van der Waals surface area (Å²) in [4.78, 5) is 14.5. The minimum absolute atomic E-state index is 0.377. The topological polar surface area (TPSA) is 58.9 Å². The maximum Gasteiger partial charge on any atom is 0.248 e. The Morgan fingerprint density at radius 1 is 1.05 bits per heavy atom. The molecule has 0 saturated carbocycles. The molecule has 0 fully saturated rings. The summed E-state index contributed by atoms with van der Waals surface area (Å²) < 4.78 is 0. The molecule has 0 aliphatic carbocycles. The predicted molar refractivity (Wildman–Crippen MR) is 76.1 cm³/mol. The Morgan fingerprint density at radius 2 is 1.84 bits per heavy atom. The number of hydrogen-bond acceptors (Lipinski definition) is 1. The van der Waals surface area contributed by atoms with Crippen molar-refractivity contribution >= 4 is 16.7 Å². The lowest BCUT2D eigenvalue weighted by molar-refractivity contribution is 0.0999. The largest absolute Gasteiger partial charge is 0.366 e. The number of carbonyl (C=O) groups excluding carboxylic acids is 1. The molecule has 0 spiro atoms. The van der Waals surface area contributed by atoms with Crippen LogP contribution < -0.4 is 5.73 Å². The lowest BCUT2D eigenvalue weighted by Crippen LogP contribution is -2.13. The summed E-state index contributed by atoms with van der Waals surface area (Å²) in [6.45, 7) is 0. The van der Waals surface area contributed by atoms with E-state index >= 15 is 0 Å². The molecule has 0 aliphatic rings. The maximum atomic E-state index is 11.4. The lowest BCUT2D eigenvalue weighted by atomic mass is 9.98. The molecule has 3 nitrogen and oxygen atoms in total. The smallest absolute Gasteiger partial charge is 0.248 e. The second-order valence-electron chi connectivity index (χ2n) is 4.62. The van der Waals surface area contributed by atoms with E-state index in [2.05, 4.69) is 23.2 Å². The van der Waals surface area contributed by atoms with Crippen LogP contribution in [0, 0.1) is 0 Å². The summed E-state index contributed by atoms with van der Waals surface area (Å²) in [6, 6.07) is 13.8. The normalized spacial score (nSPS) is 10.7. The first-order chi connectivity index (χ1) is 9.24. The molecule has 2 aromatic carbocycles. The Kier molecular flexibility index (Phi) is 2.80. The van der Waals surface area contributed by atoms with Gasteiger partial charge in [-0.1, -0.05) is 30.3 Å². The summed E-state index contributed by atoms with van der Waals surface area (Å²) >= 11 is 0. The van der Waals surface area contributed by atoms with Crippen LogP contribution in [0.15, 0.2) is 54.9 Å². The molecule has 0 atom stereocenters. The van der Waals surface area contributed by atoms with Crippen molar-refractivity contribution in [1.29, 1.82) is 0 Å². The van der Waals surface area contributed by atoms with Crippen molar-refractivity contribution in [1.82, 2.24) is 4.98 Å². The minimum Gasteiger partial charge on any atom is -0.366 e. The van der Waals surface area contributed by atoms with Crippen molar-refractivity contribution in [2.45, 2.75) is 6.42 Å². The number of hydrogen-bond donors (Lipinski definition) is 2. The van der Waals surface area contributed by atoms with Crippen LogP contribution in [-0.2, 0) is 6.42 Å². The van der Waals surface area contributed by atoms with E-state index in [9.17, 15) is 4.79 Å². The fourth-order valence-electron chi connectivity index (χ4n) is 2.35. The van der Waals surface area contributed by atoms with Crippen molar-refractivity contribution in [2.24, 2.45) is 5.73 Å². The standard InChI is InChI=1S/C16H14N2O/c17-16(19)15-4-2-1-3-12(15)7-11-5-6-13-9-18-10-14(13)8-11/h1-6,8-10,18H,7H2,(H2,17,19). The zero-order valence-electron chi connectivity index (χ0n) is 10.4. The van der Waals surface area contributed by atoms with Gasteiger partial charge in [-0.15, -0.1) is 0 Å². The van der Waals surface area contributed by atoms with Crippen LogP contribution in [0.5, 0.6) is 0 Å². The number of nitrogens with two attached hydrogens (primary N) is 1. The van der Waals surface area contributed by atoms with Crippen molar-refractivity contribution in [3.05, 3.63) is 71.5 Å². The van der Waals surface area contributed by atoms with Crippen molar-refractivity contribution < 1.29 is 4.79 Å². The average molecular weight is 250 g/mol. The van der Waals surface area contributed by atoms with Crippen LogP contribution in [0.2, 0.25) is 0 Å². The zero-order valence-corrected chi connectivity index (χ0v) is 10.4. The minimum atomic E-state index is -0.377. The zero-order chi connectivity index (χ0) is 13.2. The molecule has 94 valence electrons. The molecule has 1 heterocycles. The van der Waals surface area contributed by atoms with Gasteiger partial charge in [0.05, 0.1) is 0 Å². The molecule has 1 aromatic heterocycles. The highest BCUT2D eigenvalue weighted by Crippen LogP contribution is 2.19. The van der Waals surface area contributed by atoms with Gasteiger partial charge in [-0.05, 0) is 40.5 Å². The number of amides is 1. The fraction of sp³-hybridized carbons (Fsp3) is 0.0625. The van der Waals surface area contributed by atoms with Crippen LogP contribution in [0.25, 0.3) is 10.8 Å². The SMILES string of the molecule is NC(=O)c1ccccc1Cc1ccc2c[nH]cc2c1. The van der Waals surface area contributed by atoms with Crippen molar-refractivity contribution in [3.63, 3.8) is 0 Å². The molecular formula is C16H14N2O. The number of aromatic nitrogens is 1. The summed E-state index contributed by atoms with van der Waals surface area (Å²) in [7, 11) is 0. The molecule has 3 aromatic rings. The van der Waals surface area contributed by atoms with E-state index in [1.54, 1.807) is 6.07 Å². The Hall–Kier alpha value is -2.55. The third kappa shape index (κ3) is 2.22. The highest BCUT2D eigenvalue weighted by atomic mass is 16.1. The van der Waals surface area contributed by atoms with Crippen LogP contribution in [0.3, 0.4) is 0 Å². The summed E-state index contributed by atoms with van der Waals surface area (Å²) in [5.74, 6) is -0.377. The van der Waals surface area contributed by atoms with Crippen LogP contribution in [0.4, 0.5) is 0 Å². The number of benzene rings is 2. The van der Waals surface area contributed by atoms with E-state index in [1.165, 1.54) is 16.3 Å². The van der Waals surface area contributed by atoms with Crippen LogP contribution >= 0.6 is 0 Å². The van der Waals surface area contributed by atoms with Crippen LogP contribution in [-0.4, -0.2) is 10.9 Å². The van der Waals surface area contributed by atoms with Gasteiger partial charge < -0.3 is 10.7 Å². The monoisotopic (exact) mass is 250 g/mol. The molecule has 3 rings (SSSR count). The lowest BCUT2D eigenvalue weighted by Gasteiger charge is -2.06. The second kappa shape index (κ2) is 4.61. The van der Waals surface area contributed by atoms with Gasteiger partial charge in [-0.25, -0.2) is 0 Å². The van der Waals surface area contributed by atoms with Crippen molar-refractivity contribution in [3.8, 4) is 0 Å². The quantitative estimate of drug-likeness (QED) is 0.737. The van der Waals surface area contributed by atoms with Gasteiger partial charge in [0.15, 0.2) is 0 Å². The maximum absolute atomic E-state index is 11.4. The highest BCUT2D eigenvalue weighted by molar-refractivity contribution is 5.94. The van der Waals surface area contributed by atoms with Gasteiger partial charge >= 0.3 is 0 Å². The molecule has 0 unspecified atom stereocenters. The first-order valence-corrected chi connectivity index (χ1v) is 6.17. The van der Waals surface area contributed by atoms with E-state index in [0.717, 1.165) is 5.56 Å². The Morgan fingerprint density at radius 3 is 2.68 bits per heavy atom. The first-order valence-electron chi connectivity index (χ1n) is 6.17. The number of nitrogens with one attached hydrogen (secondary N) is 1. The molecule has 3 heteroatoms. The highest BCUT2D eigenvalue weighted by Gasteiger charge is 2.08. The number of H-pyrrole nitrogens is 1. The van der Waals surface area contributed by atoms with Gasteiger partial charge in [0.2, 0.25) is 5.91 Å². The third-order valence-electron chi connectivity index (χ3n) is 3.31. The average Bonchev–Trinajstić information content (AvgIpc) is 2.86. The molecule has 0 aliphatic heterocycles. The van der Waals surface area contributed by atoms with E-state index in [4.69, 9.17) is 5.73 Å². The third-order valence-corrected chi connectivity index (χ3v) is 3.31. The molecule has 0 radical (unpaired) electrons. The Labute approximate surface area is 111 Å². The summed E-state index contributed by atoms with van der Waals surface area (Å²) in [5, 5.41) is 2.36. The van der Waals surface area contributed by atoms with Gasteiger partial charge in [-0.2, -0.15) is 0 Å². The van der Waals surface area contributed by atoms with Gasteiger partial charge in [0, 0.05) is 18.0 Å². The van der Waals surface area contributed by atoms with Gasteiger partial charge in [0.25, 0.3) is 0 Å².